The van der Waals surface area contributed by atoms with Crippen molar-refractivity contribution in [2.45, 2.75) is 20.3 Å². The molecule has 1 amide bonds. The number of amides is 1. The fourth-order valence-corrected chi connectivity index (χ4v) is 1.22. The number of hydrogen-bond donors (Lipinski definition) is 1. The molecule has 0 fully saturated rings. The van der Waals surface area contributed by atoms with Gasteiger partial charge in [-0.3, -0.25) is 4.79 Å². The largest absolute Gasteiger partial charge is 0.469 e. The summed E-state index contributed by atoms with van der Waals surface area (Å²) in [7, 11) is 1.54. The van der Waals surface area contributed by atoms with Gasteiger partial charge in [-0.2, -0.15) is 0 Å². The van der Waals surface area contributed by atoms with E-state index >= 15 is 0 Å². The Bertz CT molecular complexity index is 292. The van der Waals surface area contributed by atoms with Gasteiger partial charge in [-0.15, -0.1) is 0 Å². The minimum Gasteiger partial charge on any atom is -0.469 e. The van der Waals surface area contributed by atoms with Crippen LogP contribution in [0.3, 0.4) is 0 Å². The first-order chi connectivity index (χ1) is 6.67. The molecule has 0 unspecified atom stereocenters. The SMILES string of the molecule is CCC1=C(NC(C)=O)C=C(OC)OC1. The topological polar surface area (TPSA) is 47.6 Å². The number of allylic oxidation sites excluding steroid dienone is 1. The molecule has 1 aliphatic heterocycles. The molecule has 0 bridgehead atoms. The summed E-state index contributed by atoms with van der Waals surface area (Å²) < 4.78 is 10.2. The standard InChI is InChI=1S/C10H15NO3/c1-4-8-6-14-10(13-3)5-9(8)11-7(2)12/h5H,4,6H2,1-3H3,(H,11,12). The highest BCUT2D eigenvalue weighted by atomic mass is 16.7. The van der Waals surface area contributed by atoms with E-state index in [1.807, 2.05) is 6.92 Å². The molecule has 4 nitrogen and oxygen atoms in total. The van der Waals surface area contributed by atoms with Crippen LogP contribution in [0.1, 0.15) is 20.3 Å². The quantitative estimate of drug-likeness (QED) is 0.742. The second kappa shape index (κ2) is 4.69. The van der Waals surface area contributed by atoms with Crippen molar-refractivity contribution in [2.75, 3.05) is 13.7 Å². The first-order valence-corrected chi connectivity index (χ1v) is 4.55. The summed E-state index contributed by atoms with van der Waals surface area (Å²) in [4.78, 5) is 10.9. The van der Waals surface area contributed by atoms with Crippen molar-refractivity contribution in [1.82, 2.24) is 5.32 Å². The number of hydrogen-bond acceptors (Lipinski definition) is 3. The number of carbonyl (C=O) groups is 1. The molecule has 78 valence electrons. The van der Waals surface area contributed by atoms with Crippen molar-refractivity contribution in [3.8, 4) is 0 Å². The normalized spacial score (nSPS) is 15.8. The highest BCUT2D eigenvalue weighted by molar-refractivity contribution is 5.75. The van der Waals surface area contributed by atoms with E-state index in [0.29, 0.717) is 12.6 Å². The molecule has 14 heavy (non-hydrogen) atoms. The number of rotatable bonds is 3. The van der Waals surface area contributed by atoms with Crippen molar-refractivity contribution in [3.63, 3.8) is 0 Å². The second-order valence-electron chi connectivity index (χ2n) is 3.01. The second-order valence-corrected chi connectivity index (χ2v) is 3.01. The lowest BCUT2D eigenvalue weighted by Gasteiger charge is -2.19. The highest BCUT2D eigenvalue weighted by Crippen LogP contribution is 2.18. The van der Waals surface area contributed by atoms with Crippen LogP contribution in [0.15, 0.2) is 23.3 Å². The maximum absolute atomic E-state index is 10.9. The van der Waals surface area contributed by atoms with E-state index in [-0.39, 0.29) is 5.91 Å². The Balaban J connectivity index is 2.86. The molecule has 0 aromatic rings. The third kappa shape index (κ3) is 2.52. The summed E-state index contributed by atoms with van der Waals surface area (Å²) in [5.74, 6) is 0.352. The average molecular weight is 197 g/mol. The third-order valence-corrected chi connectivity index (χ3v) is 1.97. The zero-order chi connectivity index (χ0) is 10.6. The molecule has 1 aliphatic rings. The predicted octanol–water partition coefficient (Wildman–Crippen LogP) is 1.30. The van der Waals surface area contributed by atoms with Crippen LogP contribution in [0.2, 0.25) is 0 Å². The van der Waals surface area contributed by atoms with E-state index < -0.39 is 0 Å². The van der Waals surface area contributed by atoms with Crippen LogP contribution < -0.4 is 5.32 Å². The van der Waals surface area contributed by atoms with Gasteiger partial charge in [0, 0.05) is 13.0 Å². The molecule has 1 N–H and O–H groups in total. The van der Waals surface area contributed by atoms with Crippen molar-refractivity contribution < 1.29 is 14.3 Å². The summed E-state index contributed by atoms with van der Waals surface area (Å²) in [5, 5.41) is 2.75. The van der Waals surface area contributed by atoms with Crippen LogP contribution in [0.4, 0.5) is 0 Å². The molecular weight excluding hydrogens is 182 g/mol. The van der Waals surface area contributed by atoms with E-state index in [1.54, 1.807) is 6.08 Å². The molecule has 1 rings (SSSR count). The molecule has 0 radical (unpaired) electrons. The van der Waals surface area contributed by atoms with E-state index in [1.165, 1.54) is 14.0 Å². The zero-order valence-corrected chi connectivity index (χ0v) is 8.72. The molecule has 0 aromatic carbocycles. The van der Waals surface area contributed by atoms with E-state index in [0.717, 1.165) is 17.7 Å². The van der Waals surface area contributed by atoms with Gasteiger partial charge in [0.15, 0.2) is 0 Å². The van der Waals surface area contributed by atoms with Crippen LogP contribution >= 0.6 is 0 Å². The monoisotopic (exact) mass is 197 g/mol. The number of nitrogens with one attached hydrogen (secondary N) is 1. The molecule has 0 saturated carbocycles. The van der Waals surface area contributed by atoms with Gasteiger partial charge < -0.3 is 14.8 Å². The molecule has 0 spiro atoms. The Morgan fingerprint density at radius 3 is 2.93 bits per heavy atom. The van der Waals surface area contributed by atoms with Crippen LogP contribution in [-0.4, -0.2) is 19.6 Å². The molecule has 0 aliphatic carbocycles. The lowest BCUT2D eigenvalue weighted by atomic mass is 10.1. The third-order valence-electron chi connectivity index (χ3n) is 1.97. The molecular formula is C10H15NO3. The number of carbonyl (C=O) groups excluding carboxylic acids is 1. The molecule has 1 heterocycles. The van der Waals surface area contributed by atoms with Crippen molar-refractivity contribution in [1.29, 1.82) is 0 Å². The fourth-order valence-electron chi connectivity index (χ4n) is 1.22. The van der Waals surface area contributed by atoms with E-state index in [2.05, 4.69) is 5.32 Å². The highest BCUT2D eigenvalue weighted by Gasteiger charge is 2.14. The van der Waals surface area contributed by atoms with Crippen LogP contribution in [0, 0.1) is 0 Å². The zero-order valence-electron chi connectivity index (χ0n) is 8.72. The van der Waals surface area contributed by atoms with Gasteiger partial charge in [0.05, 0.1) is 12.8 Å². The van der Waals surface area contributed by atoms with Gasteiger partial charge in [-0.25, -0.2) is 0 Å². The summed E-state index contributed by atoms with van der Waals surface area (Å²) >= 11 is 0. The maximum atomic E-state index is 10.9. The molecule has 0 atom stereocenters. The van der Waals surface area contributed by atoms with E-state index in [9.17, 15) is 4.79 Å². The first kappa shape index (κ1) is 10.6. The predicted molar refractivity (Wildman–Crippen MR) is 52.2 cm³/mol. The van der Waals surface area contributed by atoms with Gasteiger partial charge in [0.1, 0.15) is 6.61 Å². The summed E-state index contributed by atoms with van der Waals surface area (Å²) in [6.45, 7) is 3.98. The van der Waals surface area contributed by atoms with Gasteiger partial charge >= 0.3 is 0 Å². The van der Waals surface area contributed by atoms with Crippen molar-refractivity contribution in [3.05, 3.63) is 23.3 Å². The first-order valence-electron chi connectivity index (χ1n) is 4.55. The molecule has 4 heteroatoms. The Morgan fingerprint density at radius 1 is 1.71 bits per heavy atom. The van der Waals surface area contributed by atoms with Gasteiger partial charge in [-0.1, -0.05) is 6.92 Å². The summed E-state index contributed by atoms with van der Waals surface area (Å²) in [6, 6.07) is 0. The Labute approximate surface area is 83.6 Å². The van der Waals surface area contributed by atoms with Crippen molar-refractivity contribution >= 4 is 5.91 Å². The number of ether oxygens (including phenoxy) is 2. The van der Waals surface area contributed by atoms with Gasteiger partial charge in [-0.05, 0) is 12.0 Å². The Hall–Kier alpha value is -1.45. The minimum absolute atomic E-state index is 0.0837. The van der Waals surface area contributed by atoms with Gasteiger partial charge in [0.2, 0.25) is 5.91 Å². The lowest BCUT2D eigenvalue weighted by molar-refractivity contribution is -0.118. The summed E-state index contributed by atoms with van der Waals surface area (Å²) in [6.07, 6.45) is 2.55. The average Bonchev–Trinajstić information content (AvgIpc) is 2.16. The van der Waals surface area contributed by atoms with Crippen molar-refractivity contribution in [2.24, 2.45) is 0 Å². The van der Waals surface area contributed by atoms with Crippen LogP contribution in [0.5, 0.6) is 0 Å². The minimum atomic E-state index is -0.0837. The maximum Gasteiger partial charge on any atom is 0.281 e. The number of methoxy groups -OCH3 is 1. The van der Waals surface area contributed by atoms with E-state index in [4.69, 9.17) is 9.47 Å². The molecule has 0 saturated heterocycles. The van der Waals surface area contributed by atoms with Crippen LogP contribution in [-0.2, 0) is 14.3 Å². The lowest BCUT2D eigenvalue weighted by Crippen LogP contribution is -2.23. The Morgan fingerprint density at radius 2 is 2.43 bits per heavy atom. The Kier molecular flexibility index (Phi) is 3.56. The summed E-state index contributed by atoms with van der Waals surface area (Å²) in [5.41, 5.74) is 1.86. The van der Waals surface area contributed by atoms with Crippen LogP contribution in [0.25, 0.3) is 0 Å². The fraction of sp³-hybridized carbons (Fsp3) is 0.500. The molecule has 0 aromatic heterocycles. The van der Waals surface area contributed by atoms with Gasteiger partial charge in [0.25, 0.3) is 5.95 Å². The smallest absolute Gasteiger partial charge is 0.281 e.